The van der Waals surface area contributed by atoms with Gasteiger partial charge >= 0.3 is 12.2 Å². The lowest BCUT2D eigenvalue weighted by molar-refractivity contribution is -0.145. The molecule has 0 saturated carbocycles. The van der Waals surface area contributed by atoms with E-state index in [2.05, 4.69) is 35.4 Å². The zero-order valence-electron chi connectivity index (χ0n) is 20.3. The molecular weight excluding hydrogens is 525 g/mol. The SMILES string of the molecule is C[C@@H](C(=O)Nc1cncc(-c2cnc(C(F)(F)F)nc2)n1)N1C=NC2C1C(=O)N(Cc1ccon1)C(=O)N2C. The molecule has 0 aromatic carbocycles. The van der Waals surface area contributed by atoms with Crippen LogP contribution in [0.4, 0.5) is 23.8 Å². The quantitative estimate of drug-likeness (QED) is 0.480. The summed E-state index contributed by atoms with van der Waals surface area (Å²) in [7, 11) is 1.50. The summed E-state index contributed by atoms with van der Waals surface area (Å²) in [6.45, 7) is 1.42. The number of aliphatic imine (C=N–C) groups is 1. The second-order valence-corrected chi connectivity index (χ2v) is 8.63. The summed E-state index contributed by atoms with van der Waals surface area (Å²) in [5.41, 5.74) is 0.654. The smallest absolute Gasteiger partial charge is 0.364 e. The Balaban J connectivity index is 1.30. The van der Waals surface area contributed by atoms with Crippen molar-refractivity contribution < 1.29 is 32.1 Å². The van der Waals surface area contributed by atoms with Gasteiger partial charge in [-0.3, -0.25) is 19.5 Å². The first kappa shape index (κ1) is 25.7. The van der Waals surface area contributed by atoms with Gasteiger partial charge in [0.15, 0.2) is 18.0 Å². The normalized spacial score (nSPS) is 19.9. The van der Waals surface area contributed by atoms with Crippen LogP contribution in [-0.2, 0) is 22.3 Å². The van der Waals surface area contributed by atoms with Crippen LogP contribution in [0.5, 0.6) is 0 Å². The zero-order valence-corrected chi connectivity index (χ0v) is 20.3. The number of rotatable bonds is 6. The van der Waals surface area contributed by atoms with Crippen LogP contribution in [0, 0.1) is 0 Å². The Bertz CT molecular complexity index is 1430. The first-order chi connectivity index (χ1) is 18.5. The molecule has 1 saturated heterocycles. The number of alkyl halides is 3. The highest BCUT2D eigenvalue weighted by molar-refractivity contribution is 6.03. The van der Waals surface area contributed by atoms with Crippen LogP contribution < -0.4 is 5.32 Å². The van der Waals surface area contributed by atoms with E-state index < -0.39 is 48.1 Å². The zero-order chi connectivity index (χ0) is 27.9. The van der Waals surface area contributed by atoms with Gasteiger partial charge in [-0.15, -0.1) is 0 Å². The molecule has 5 rings (SSSR count). The number of carbonyl (C=O) groups is 3. The molecule has 3 aromatic rings. The minimum atomic E-state index is -4.69. The number of hydrogen-bond donors (Lipinski definition) is 1. The maximum Gasteiger partial charge on any atom is 0.451 e. The molecule has 5 heterocycles. The minimum Gasteiger partial charge on any atom is -0.364 e. The fourth-order valence-electron chi connectivity index (χ4n) is 4.08. The first-order valence-electron chi connectivity index (χ1n) is 11.4. The number of carbonyl (C=O) groups excluding carboxylic acids is 3. The van der Waals surface area contributed by atoms with Crippen LogP contribution >= 0.6 is 0 Å². The Morgan fingerprint density at radius 2 is 1.92 bits per heavy atom. The van der Waals surface area contributed by atoms with E-state index in [0.717, 1.165) is 17.3 Å². The molecule has 14 nitrogen and oxygen atoms in total. The Kier molecular flexibility index (Phi) is 6.41. The Hall–Kier alpha value is -4.96. The van der Waals surface area contributed by atoms with Crippen molar-refractivity contribution in [1.29, 1.82) is 0 Å². The number of imide groups is 1. The van der Waals surface area contributed by atoms with Crippen molar-refractivity contribution in [3.8, 4) is 11.3 Å². The van der Waals surface area contributed by atoms with Gasteiger partial charge in [0.1, 0.15) is 18.0 Å². The standard InChI is InChI=1S/C22H19F3N10O4/c1-11(18(36)31-15-8-26-7-14(30-15)12-5-27-20(28-6-12)22(23,24)25)35-10-29-17-16(35)19(37)34(21(38)33(17)2)9-13-3-4-39-32-13/h3-8,10-11,16-17H,9H2,1-2H3,(H,30,31,36)/t11-,16?,17?/m0/s1. The third-order valence-corrected chi connectivity index (χ3v) is 6.13. The molecule has 1 fully saturated rings. The van der Waals surface area contributed by atoms with Gasteiger partial charge in [0, 0.05) is 31.1 Å². The number of nitrogens with one attached hydrogen (secondary N) is 1. The van der Waals surface area contributed by atoms with Gasteiger partial charge in [0.2, 0.25) is 11.7 Å². The summed E-state index contributed by atoms with van der Waals surface area (Å²) in [6.07, 6.45) is 1.55. The Morgan fingerprint density at radius 1 is 1.18 bits per heavy atom. The summed E-state index contributed by atoms with van der Waals surface area (Å²) in [5, 5.41) is 6.32. The van der Waals surface area contributed by atoms with Crippen LogP contribution in [0.25, 0.3) is 11.3 Å². The lowest BCUT2D eigenvalue weighted by Gasteiger charge is -2.42. The fraction of sp³-hybridized carbons (Fsp3) is 0.318. The molecule has 0 aliphatic carbocycles. The van der Waals surface area contributed by atoms with E-state index in [-0.39, 0.29) is 23.6 Å². The highest BCUT2D eigenvalue weighted by Gasteiger charge is 2.51. The van der Waals surface area contributed by atoms with Gasteiger partial charge in [0.05, 0.1) is 31.0 Å². The highest BCUT2D eigenvalue weighted by atomic mass is 19.4. The number of nitrogens with zero attached hydrogens (tertiary/aromatic N) is 9. The van der Waals surface area contributed by atoms with Gasteiger partial charge in [-0.25, -0.2) is 24.7 Å². The lowest BCUT2D eigenvalue weighted by atomic mass is 10.1. The van der Waals surface area contributed by atoms with Crippen molar-refractivity contribution in [2.45, 2.75) is 37.9 Å². The summed E-state index contributed by atoms with van der Waals surface area (Å²) in [5.74, 6) is -2.43. The number of fused-ring (bicyclic) bond motifs is 1. The topological polar surface area (TPSA) is 163 Å². The number of amides is 4. The molecule has 3 aromatic heterocycles. The van der Waals surface area contributed by atoms with E-state index in [0.29, 0.717) is 5.69 Å². The molecule has 2 aliphatic heterocycles. The highest BCUT2D eigenvalue weighted by Crippen LogP contribution is 2.29. The number of urea groups is 1. The summed E-state index contributed by atoms with van der Waals surface area (Å²) in [6, 6.07) is -0.956. The van der Waals surface area contributed by atoms with E-state index >= 15 is 0 Å². The van der Waals surface area contributed by atoms with Crippen LogP contribution in [0.15, 0.2) is 46.6 Å². The molecule has 0 spiro atoms. The molecule has 17 heteroatoms. The molecule has 202 valence electrons. The number of aromatic nitrogens is 5. The van der Waals surface area contributed by atoms with E-state index in [1.165, 1.54) is 54.8 Å². The summed E-state index contributed by atoms with van der Waals surface area (Å²) >= 11 is 0. The van der Waals surface area contributed by atoms with E-state index in [4.69, 9.17) is 4.52 Å². The summed E-state index contributed by atoms with van der Waals surface area (Å²) in [4.78, 5) is 62.0. The minimum absolute atomic E-state index is 0.00635. The van der Waals surface area contributed by atoms with E-state index in [9.17, 15) is 27.6 Å². The largest absolute Gasteiger partial charge is 0.451 e. The number of hydrogen-bond acceptors (Lipinski definition) is 11. The van der Waals surface area contributed by atoms with Crippen molar-refractivity contribution in [2.24, 2.45) is 4.99 Å². The lowest BCUT2D eigenvalue weighted by Crippen LogP contribution is -2.66. The second-order valence-electron chi connectivity index (χ2n) is 8.63. The monoisotopic (exact) mass is 544 g/mol. The van der Waals surface area contributed by atoms with Gasteiger partial charge in [-0.05, 0) is 6.92 Å². The maximum atomic E-state index is 13.3. The van der Waals surface area contributed by atoms with Crippen LogP contribution in [-0.4, -0.2) is 89.3 Å². The molecule has 0 radical (unpaired) electrons. The molecule has 4 amide bonds. The van der Waals surface area contributed by atoms with E-state index in [1.54, 1.807) is 0 Å². The van der Waals surface area contributed by atoms with Gasteiger partial charge in [0.25, 0.3) is 5.91 Å². The number of likely N-dealkylation sites (N-methyl/N-ethyl adjacent to an activating group) is 1. The van der Waals surface area contributed by atoms with Gasteiger partial charge < -0.3 is 19.6 Å². The molecule has 3 atom stereocenters. The molecule has 1 N–H and O–H groups in total. The van der Waals surface area contributed by atoms with Crippen molar-refractivity contribution >= 4 is 30.0 Å². The molecule has 39 heavy (non-hydrogen) atoms. The maximum absolute atomic E-state index is 13.3. The first-order valence-corrected chi connectivity index (χ1v) is 11.4. The van der Waals surface area contributed by atoms with Crippen LogP contribution in [0.2, 0.25) is 0 Å². The van der Waals surface area contributed by atoms with Gasteiger partial charge in [-0.1, -0.05) is 5.16 Å². The van der Waals surface area contributed by atoms with Crippen molar-refractivity contribution in [3.05, 3.63) is 48.6 Å². The molecule has 2 aliphatic rings. The van der Waals surface area contributed by atoms with Gasteiger partial charge in [-0.2, -0.15) is 13.2 Å². The average molecular weight is 544 g/mol. The fourth-order valence-corrected chi connectivity index (χ4v) is 4.08. The van der Waals surface area contributed by atoms with Crippen molar-refractivity contribution in [1.82, 2.24) is 39.8 Å². The number of anilines is 1. The predicted molar refractivity (Wildman–Crippen MR) is 124 cm³/mol. The Morgan fingerprint density at radius 3 is 2.59 bits per heavy atom. The van der Waals surface area contributed by atoms with Crippen molar-refractivity contribution in [3.63, 3.8) is 0 Å². The van der Waals surface area contributed by atoms with Crippen LogP contribution in [0.3, 0.4) is 0 Å². The average Bonchev–Trinajstić information content (AvgIpc) is 3.60. The van der Waals surface area contributed by atoms with Crippen molar-refractivity contribution in [2.75, 3.05) is 12.4 Å². The number of halogens is 3. The van der Waals surface area contributed by atoms with Crippen LogP contribution in [0.1, 0.15) is 18.4 Å². The molecule has 0 bridgehead atoms. The molecule has 2 unspecified atom stereocenters. The van der Waals surface area contributed by atoms with E-state index in [1.807, 2.05) is 0 Å². The third-order valence-electron chi connectivity index (χ3n) is 6.13. The Labute approximate surface area is 217 Å². The second kappa shape index (κ2) is 9.73. The summed E-state index contributed by atoms with van der Waals surface area (Å²) < 4.78 is 43.0. The predicted octanol–water partition coefficient (Wildman–Crippen LogP) is 1.40. The molecular formula is C22H19F3N10O4. The third kappa shape index (κ3) is 4.85.